The molecule has 5 heteroatoms. The summed E-state index contributed by atoms with van der Waals surface area (Å²) in [5, 5.41) is 3.33. The third-order valence-electron chi connectivity index (χ3n) is 3.89. The van der Waals surface area contributed by atoms with Gasteiger partial charge >= 0.3 is 0 Å². The highest BCUT2D eigenvalue weighted by Gasteiger charge is 2.14. The molecule has 1 amide bonds. The minimum absolute atomic E-state index is 0.207. The van der Waals surface area contributed by atoms with Crippen LogP contribution in [0.1, 0.15) is 53.1 Å². The van der Waals surface area contributed by atoms with Crippen molar-refractivity contribution in [2.75, 3.05) is 5.32 Å². The van der Waals surface area contributed by atoms with Crippen molar-refractivity contribution >= 4 is 29.0 Å². The number of aromatic nitrogens is 1. The minimum atomic E-state index is -0.297. The average Bonchev–Trinajstić information content (AvgIpc) is 2.75. The van der Waals surface area contributed by atoms with Gasteiger partial charge in [-0.2, -0.15) is 0 Å². The van der Waals surface area contributed by atoms with Crippen LogP contribution in [0.2, 0.25) is 5.02 Å². The van der Waals surface area contributed by atoms with Crippen LogP contribution in [0.25, 0.3) is 0 Å². The molecule has 0 aliphatic heterocycles. The molecular weight excluding hydrogens is 372 g/mol. The minimum Gasteiger partial charge on any atom is -0.322 e. The smallest absolute Gasteiger partial charge is 0.255 e. The zero-order valence-corrected chi connectivity index (χ0v) is 16.7. The number of anilines is 1. The Bertz CT molecular complexity index is 907. The third kappa shape index (κ3) is 6.32. The third-order valence-corrected chi connectivity index (χ3v) is 4.14. The number of carbonyl (C=O) groups is 2. The Morgan fingerprint density at radius 3 is 2.14 bits per heavy atom. The number of ketones is 1. The predicted molar refractivity (Wildman–Crippen MR) is 114 cm³/mol. The molecule has 0 spiro atoms. The Labute approximate surface area is 170 Å². The van der Waals surface area contributed by atoms with E-state index in [2.05, 4.69) is 24.1 Å². The standard InChI is InChI=1S/C19H13ClN2O2.C4H10/c20-15-8-6-13(7-9-15)18(23)17-12-14(10-11-21-17)19(24)22-16-4-2-1-3-5-16;1-3-4-2/h1-12H,(H,22,24);3-4H2,1-2H3. The summed E-state index contributed by atoms with van der Waals surface area (Å²) < 4.78 is 0. The second-order valence-corrected chi connectivity index (χ2v) is 6.52. The lowest BCUT2D eigenvalue weighted by atomic mass is 10.1. The van der Waals surface area contributed by atoms with E-state index in [1.54, 1.807) is 42.5 Å². The fraction of sp³-hybridized carbons (Fsp3) is 0.174. The van der Waals surface area contributed by atoms with E-state index in [0.29, 0.717) is 21.8 Å². The number of halogens is 1. The fourth-order valence-corrected chi connectivity index (χ4v) is 2.30. The van der Waals surface area contributed by atoms with Crippen molar-refractivity contribution < 1.29 is 9.59 Å². The van der Waals surface area contributed by atoms with Gasteiger partial charge in [-0.3, -0.25) is 14.6 Å². The highest BCUT2D eigenvalue weighted by Crippen LogP contribution is 2.14. The molecule has 0 fully saturated rings. The molecule has 2 aromatic carbocycles. The van der Waals surface area contributed by atoms with Gasteiger partial charge in [-0.05, 0) is 48.5 Å². The highest BCUT2D eigenvalue weighted by atomic mass is 35.5. The Balaban J connectivity index is 0.000000640. The predicted octanol–water partition coefficient (Wildman–Crippen LogP) is 6.02. The number of pyridine rings is 1. The summed E-state index contributed by atoms with van der Waals surface area (Å²) in [5.74, 6) is -0.560. The Hall–Kier alpha value is -2.98. The van der Waals surface area contributed by atoms with Gasteiger partial charge in [0.1, 0.15) is 5.69 Å². The van der Waals surface area contributed by atoms with E-state index in [9.17, 15) is 9.59 Å². The van der Waals surface area contributed by atoms with Crippen molar-refractivity contribution in [1.29, 1.82) is 0 Å². The molecule has 144 valence electrons. The van der Waals surface area contributed by atoms with Crippen molar-refractivity contribution in [3.05, 3.63) is 94.8 Å². The van der Waals surface area contributed by atoms with Gasteiger partial charge in [0.05, 0.1) is 0 Å². The lowest BCUT2D eigenvalue weighted by Gasteiger charge is -2.06. The van der Waals surface area contributed by atoms with Crippen molar-refractivity contribution in [3.8, 4) is 0 Å². The number of carbonyl (C=O) groups excluding carboxylic acids is 2. The van der Waals surface area contributed by atoms with E-state index in [4.69, 9.17) is 11.6 Å². The maximum atomic E-state index is 12.5. The van der Waals surface area contributed by atoms with Crippen molar-refractivity contribution in [3.63, 3.8) is 0 Å². The molecule has 0 aliphatic carbocycles. The zero-order chi connectivity index (χ0) is 20.4. The summed E-state index contributed by atoms with van der Waals surface area (Å²) >= 11 is 5.83. The quantitative estimate of drug-likeness (QED) is 0.538. The molecule has 0 unspecified atom stereocenters. The first-order valence-corrected chi connectivity index (χ1v) is 9.55. The van der Waals surface area contributed by atoms with Gasteiger partial charge in [0.15, 0.2) is 0 Å². The highest BCUT2D eigenvalue weighted by molar-refractivity contribution is 6.30. The van der Waals surface area contributed by atoms with Gasteiger partial charge in [-0.1, -0.05) is 56.5 Å². The van der Waals surface area contributed by atoms with Gasteiger partial charge in [-0.15, -0.1) is 0 Å². The topological polar surface area (TPSA) is 59.1 Å². The Kier molecular flexibility index (Phi) is 8.37. The summed E-state index contributed by atoms with van der Waals surface area (Å²) in [6.07, 6.45) is 4.09. The fourth-order valence-electron chi connectivity index (χ4n) is 2.17. The van der Waals surface area contributed by atoms with Crippen LogP contribution in [-0.4, -0.2) is 16.7 Å². The molecular formula is C23H23ClN2O2. The van der Waals surface area contributed by atoms with Crippen LogP contribution in [-0.2, 0) is 0 Å². The van der Waals surface area contributed by atoms with Gasteiger partial charge < -0.3 is 5.32 Å². The second kappa shape index (κ2) is 11.0. The van der Waals surface area contributed by atoms with Crippen molar-refractivity contribution in [2.24, 2.45) is 0 Å². The maximum absolute atomic E-state index is 12.5. The molecule has 1 heterocycles. The van der Waals surface area contributed by atoms with E-state index in [-0.39, 0.29) is 17.4 Å². The molecule has 1 N–H and O–H groups in total. The normalized spacial score (nSPS) is 9.82. The van der Waals surface area contributed by atoms with E-state index < -0.39 is 0 Å². The summed E-state index contributed by atoms with van der Waals surface area (Å²) in [5.41, 5.74) is 1.72. The molecule has 0 atom stereocenters. The largest absolute Gasteiger partial charge is 0.322 e. The molecule has 3 rings (SSSR count). The number of hydrogen-bond acceptors (Lipinski definition) is 3. The van der Waals surface area contributed by atoms with Crippen LogP contribution >= 0.6 is 11.6 Å². The van der Waals surface area contributed by atoms with Crippen LogP contribution in [0.5, 0.6) is 0 Å². The molecule has 28 heavy (non-hydrogen) atoms. The van der Waals surface area contributed by atoms with Crippen LogP contribution < -0.4 is 5.32 Å². The lowest BCUT2D eigenvalue weighted by molar-refractivity contribution is 0.102. The Morgan fingerprint density at radius 1 is 0.893 bits per heavy atom. The average molecular weight is 395 g/mol. The van der Waals surface area contributed by atoms with Gasteiger partial charge in [0.2, 0.25) is 5.78 Å². The number of rotatable bonds is 5. The number of unbranched alkanes of at least 4 members (excludes halogenated alkanes) is 1. The van der Waals surface area contributed by atoms with Gasteiger partial charge in [-0.25, -0.2) is 0 Å². The van der Waals surface area contributed by atoms with E-state index in [0.717, 1.165) is 0 Å². The number of nitrogens with zero attached hydrogens (tertiary/aromatic N) is 1. The summed E-state index contributed by atoms with van der Waals surface area (Å²) in [6.45, 7) is 4.36. The first-order chi connectivity index (χ1) is 13.5. The monoisotopic (exact) mass is 394 g/mol. The second-order valence-electron chi connectivity index (χ2n) is 6.09. The first-order valence-electron chi connectivity index (χ1n) is 9.17. The Morgan fingerprint density at radius 2 is 1.54 bits per heavy atom. The number of nitrogens with one attached hydrogen (secondary N) is 1. The van der Waals surface area contributed by atoms with E-state index in [1.165, 1.54) is 25.1 Å². The number of amides is 1. The van der Waals surface area contributed by atoms with Crippen LogP contribution in [0.4, 0.5) is 5.69 Å². The molecule has 0 aliphatic rings. The molecule has 4 nitrogen and oxygen atoms in total. The lowest BCUT2D eigenvalue weighted by Crippen LogP contribution is -2.13. The van der Waals surface area contributed by atoms with Crippen molar-refractivity contribution in [2.45, 2.75) is 26.7 Å². The molecule has 0 bridgehead atoms. The number of benzene rings is 2. The zero-order valence-electron chi connectivity index (χ0n) is 16.0. The van der Waals surface area contributed by atoms with Crippen molar-refractivity contribution in [1.82, 2.24) is 4.98 Å². The number of hydrogen-bond donors (Lipinski definition) is 1. The molecule has 0 saturated carbocycles. The van der Waals surface area contributed by atoms with Gasteiger partial charge in [0, 0.05) is 28.0 Å². The summed E-state index contributed by atoms with van der Waals surface area (Å²) in [4.78, 5) is 28.8. The maximum Gasteiger partial charge on any atom is 0.255 e. The number of para-hydroxylation sites is 1. The summed E-state index contributed by atoms with van der Waals surface area (Å²) in [7, 11) is 0. The van der Waals surface area contributed by atoms with Crippen LogP contribution in [0.15, 0.2) is 72.9 Å². The van der Waals surface area contributed by atoms with Gasteiger partial charge in [0.25, 0.3) is 5.91 Å². The summed E-state index contributed by atoms with van der Waals surface area (Å²) in [6, 6.07) is 18.7. The molecule has 0 radical (unpaired) electrons. The SMILES string of the molecule is CCCC.O=C(Nc1ccccc1)c1ccnc(C(=O)c2ccc(Cl)cc2)c1. The van der Waals surface area contributed by atoms with E-state index >= 15 is 0 Å². The van der Waals surface area contributed by atoms with E-state index in [1.807, 2.05) is 18.2 Å². The van der Waals surface area contributed by atoms with Crippen LogP contribution in [0.3, 0.4) is 0 Å². The molecule has 0 saturated heterocycles. The molecule has 3 aromatic rings. The molecule has 1 aromatic heterocycles. The van der Waals surface area contributed by atoms with Crippen LogP contribution in [0, 0.1) is 0 Å². The first kappa shape index (κ1) is 21.3.